The lowest BCUT2D eigenvalue weighted by Gasteiger charge is -2.27. The highest BCUT2D eigenvalue weighted by molar-refractivity contribution is 5.60. The molecule has 0 unspecified atom stereocenters. The van der Waals surface area contributed by atoms with Crippen molar-refractivity contribution in [2.45, 2.75) is 124 Å². The summed E-state index contributed by atoms with van der Waals surface area (Å²) in [6.45, 7) is 20.3. The summed E-state index contributed by atoms with van der Waals surface area (Å²) in [7, 11) is 0. The molecule has 0 saturated heterocycles. The molecule has 0 aromatic heterocycles. The molecule has 0 saturated carbocycles. The summed E-state index contributed by atoms with van der Waals surface area (Å²) in [5.74, 6) is 0. The Bertz CT molecular complexity index is 413. The lowest BCUT2D eigenvalue weighted by molar-refractivity contribution is -0.0227. The molecule has 0 aliphatic heterocycles. The van der Waals surface area contributed by atoms with Crippen LogP contribution in [0.25, 0.3) is 0 Å². The number of ether oxygens (including phenoxy) is 2. The molecule has 0 heterocycles. The van der Waals surface area contributed by atoms with E-state index in [0.717, 1.165) is 38.8 Å². The van der Waals surface area contributed by atoms with Crippen molar-refractivity contribution in [1.82, 2.24) is 9.80 Å². The van der Waals surface area contributed by atoms with E-state index in [1.165, 1.54) is 77.5 Å². The highest BCUT2D eigenvalue weighted by atomic mass is 16.7. The molecular formula is C27H56N2O3. The van der Waals surface area contributed by atoms with E-state index in [-0.39, 0.29) is 0 Å². The van der Waals surface area contributed by atoms with Crippen LogP contribution in [0.5, 0.6) is 0 Å². The normalized spacial score (nSPS) is 12.0. The van der Waals surface area contributed by atoms with Crippen LogP contribution in [0.2, 0.25) is 0 Å². The summed E-state index contributed by atoms with van der Waals surface area (Å²) in [6.07, 6.45) is 13.3. The van der Waals surface area contributed by atoms with Gasteiger partial charge in [-0.25, -0.2) is 4.79 Å². The van der Waals surface area contributed by atoms with Crippen molar-refractivity contribution in [3.05, 3.63) is 0 Å². The van der Waals surface area contributed by atoms with Crippen molar-refractivity contribution < 1.29 is 14.3 Å². The lowest BCUT2D eigenvalue weighted by Crippen LogP contribution is -2.32. The third kappa shape index (κ3) is 18.7. The van der Waals surface area contributed by atoms with E-state index in [1.807, 2.05) is 13.8 Å². The summed E-state index contributed by atoms with van der Waals surface area (Å²) in [4.78, 5) is 17.3. The number of hydrogen-bond acceptors (Lipinski definition) is 5. The number of carbonyl (C=O) groups is 1. The topological polar surface area (TPSA) is 42.0 Å². The summed E-state index contributed by atoms with van der Waals surface area (Å²) < 4.78 is 11.0. The Morgan fingerprint density at radius 3 is 1.47 bits per heavy atom. The molecule has 0 N–H and O–H groups in total. The maximum Gasteiger partial charge on any atom is 0.508 e. The first-order chi connectivity index (χ1) is 15.4. The third-order valence-electron chi connectivity index (χ3n) is 6.01. The number of unbranched alkanes of at least 4 members (excludes halogenated alkanes) is 5. The molecule has 0 fully saturated rings. The van der Waals surface area contributed by atoms with Gasteiger partial charge in [0.05, 0.1) is 6.61 Å². The Morgan fingerprint density at radius 2 is 1.03 bits per heavy atom. The maximum absolute atomic E-state index is 12.2. The summed E-state index contributed by atoms with van der Waals surface area (Å²) in [6, 6.07) is 0. The van der Waals surface area contributed by atoms with Gasteiger partial charge in [0.1, 0.15) is 5.60 Å². The van der Waals surface area contributed by atoms with E-state index in [0.29, 0.717) is 6.61 Å². The van der Waals surface area contributed by atoms with Crippen LogP contribution in [0.3, 0.4) is 0 Å². The Kier molecular flexibility index (Phi) is 20.2. The molecule has 0 bridgehead atoms. The van der Waals surface area contributed by atoms with E-state index >= 15 is 0 Å². The fraction of sp³-hybridized carbons (Fsp3) is 0.963. The minimum absolute atomic E-state index is 0.451. The van der Waals surface area contributed by atoms with Crippen molar-refractivity contribution in [2.75, 3.05) is 45.9 Å². The SMILES string of the molecule is CCCCN(CCCC)CCCCOC(=O)OC(C)(C)CCCN(CCCC)CCCC. The number of rotatable bonds is 22. The van der Waals surface area contributed by atoms with Crippen LogP contribution in [0.1, 0.15) is 119 Å². The van der Waals surface area contributed by atoms with Crippen LogP contribution in [0.15, 0.2) is 0 Å². The van der Waals surface area contributed by atoms with Crippen molar-refractivity contribution in [2.24, 2.45) is 0 Å². The molecule has 32 heavy (non-hydrogen) atoms. The fourth-order valence-electron chi connectivity index (χ4n) is 3.83. The molecule has 5 heteroatoms. The molecule has 192 valence electrons. The maximum atomic E-state index is 12.2. The van der Waals surface area contributed by atoms with Gasteiger partial charge in [-0.3, -0.25) is 0 Å². The number of carbonyl (C=O) groups excluding carboxylic acids is 1. The van der Waals surface area contributed by atoms with Gasteiger partial charge in [0, 0.05) is 0 Å². The molecule has 0 atom stereocenters. The lowest BCUT2D eigenvalue weighted by atomic mass is 10.0. The molecule has 0 aromatic rings. The summed E-state index contributed by atoms with van der Waals surface area (Å²) in [5, 5.41) is 0. The largest absolute Gasteiger partial charge is 0.508 e. The molecule has 0 spiro atoms. The van der Waals surface area contributed by atoms with Gasteiger partial charge in [0.15, 0.2) is 0 Å². The minimum Gasteiger partial charge on any atom is -0.434 e. The van der Waals surface area contributed by atoms with Gasteiger partial charge >= 0.3 is 6.16 Å². The Balaban J connectivity index is 4.08. The zero-order chi connectivity index (χ0) is 24.1. The van der Waals surface area contributed by atoms with E-state index in [2.05, 4.69) is 37.5 Å². The first-order valence-corrected chi connectivity index (χ1v) is 13.7. The van der Waals surface area contributed by atoms with Crippen LogP contribution < -0.4 is 0 Å². The van der Waals surface area contributed by atoms with Gasteiger partial charge in [0.25, 0.3) is 0 Å². The monoisotopic (exact) mass is 456 g/mol. The van der Waals surface area contributed by atoms with Gasteiger partial charge < -0.3 is 19.3 Å². The Morgan fingerprint density at radius 1 is 0.625 bits per heavy atom. The molecule has 0 aliphatic carbocycles. The molecule has 0 aliphatic rings. The standard InChI is InChI=1S/C27H56N2O3/c1-7-11-19-28(20-12-8-2)23-15-16-25-31-26(30)32-27(5,6)18-17-24-29(21-13-9-3)22-14-10-4/h7-25H2,1-6H3. The van der Waals surface area contributed by atoms with Crippen molar-refractivity contribution in [3.8, 4) is 0 Å². The number of nitrogens with zero attached hydrogens (tertiary/aromatic N) is 2. The first-order valence-electron chi connectivity index (χ1n) is 13.7. The molecule has 0 rings (SSSR count). The van der Waals surface area contributed by atoms with Gasteiger partial charge in [0.2, 0.25) is 0 Å². The van der Waals surface area contributed by atoms with Crippen LogP contribution in [-0.2, 0) is 9.47 Å². The second-order valence-electron chi connectivity index (χ2n) is 9.87. The minimum atomic E-state index is -0.516. The van der Waals surface area contributed by atoms with Crippen LogP contribution in [0.4, 0.5) is 4.79 Å². The van der Waals surface area contributed by atoms with Gasteiger partial charge in [-0.1, -0.05) is 53.4 Å². The second-order valence-corrected chi connectivity index (χ2v) is 9.87. The summed E-state index contributed by atoms with van der Waals surface area (Å²) in [5.41, 5.74) is -0.477. The molecule has 5 nitrogen and oxygen atoms in total. The quantitative estimate of drug-likeness (QED) is 0.126. The Hall–Kier alpha value is -0.810. The smallest absolute Gasteiger partial charge is 0.434 e. The zero-order valence-electron chi connectivity index (χ0n) is 22.6. The first kappa shape index (κ1) is 31.2. The fourth-order valence-corrected chi connectivity index (χ4v) is 3.83. The van der Waals surface area contributed by atoms with Gasteiger partial charge in [-0.05, 0) is 104 Å². The Labute approximate surface area is 200 Å². The molecule has 0 amide bonds. The van der Waals surface area contributed by atoms with Crippen LogP contribution in [0, 0.1) is 0 Å². The average molecular weight is 457 g/mol. The average Bonchev–Trinajstić information content (AvgIpc) is 2.75. The highest BCUT2D eigenvalue weighted by Crippen LogP contribution is 2.18. The van der Waals surface area contributed by atoms with Crippen LogP contribution >= 0.6 is 0 Å². The van der Waals surface area contributed by atoms with E-state index in [1.54, 1.807) is 0 Å². The zero-order valence-corrected chi connectivity index (χ0v) is 22.6. The van der Waals surface area contributed by atoms with Gasteiger partial charge in [-0.15, -0.1) is 0 Å². The van der Waals surface area contributed by atoms with Crippen molar-refractivity contribution in [3.63, 3.8) is 0 Å². The highest BCUT2D eigenvalue weighted by Gasteiger charge is 2.23. The van der Waals surface area contributed by atoms with Crippen molar-refractivity contribution >= 4 is 6.16 Å². The van der Waals surface area contributed by atoms with Crippen molar-refractivity contribution in [1.29, 1.82) is 0 Å². The second kappa shape index (κ2) is 20.8. The van der Waals surface area contributed by atoms with Gasteiger partial charge in [-0.2, -0.15) is 0 Å². The summed E-state index contributed by atoms with van der Waals surface area (Å²) >= 11 is 0. The van der Waals surface area contributed by atoms with Crippen LogP contribution in [-0.4, -0.2) is 67.4 Å². The molecule has 0 aromatic carbocycles. The predicted octanol–water partition coefficient (Wildman–Crippen LogP) is 7.28. The molecular weight excluding hydrogens is 400 g/mol. The van der Waals surface area contributed by atoms with E-state index in [9.17, 15) is 4.79 Å². The van der Waals surface area contributed by atoms with E-state index in [4.69, 9.17) is 9.47 Å². The molecule has 0 radical (unpaired) electrons. The van der Waals surface area contributed by atoms with E-state index < -0.39 is 11.8 Å². The number of hydrogen-bond donors (Lipinski definition) is 0. The predicted molar refractivity (Wildman–Crippen MR) is 137 cm³/mol. The third-order valence-corrected chi connectivity index (χ3v) is 6.01.